The van der Waals surface area contributed by atoms with Crippen molar-refractivity contribution in [3.05, 3.63) is 60.2 Å². The highest BCUT2D eigenvalue weighted by atomic mass is 16.2. The van der Waals surface area contributed by atoms with E-state index in [1.54, 1.807) is 4.68 Å². The number of rotatable bonds is 6. The van der Waals surface area contributed by atoms with Crippen LogP contribution in [0.3, 0.4) is 0 Å². The molecule has 2 N–H and O–H groups in total. The average Bonchev–Trinajstić information content (AvgIpc) is 3.01. The molecular formula is C17H19N5O. The summed E-state index contributed by atoms with van der Waals surface area (Å²) in [7, 11) is 0. The van der Waals surface area contributed by atoms with Gasteiger partial charge in [-0.15, -0.1) is 5.10 Å². The first-order valence-electron chi connectivity index (χ1n) is 7.57. The van der Waals surface area contributed by atoms with Gasteiger partial charge in [0.25, 0.3) is 0 Å². The second-order valence-corrected chi connectivity index (χ2v) is 5.37. The van der Waals surface area contributed by atoms with Crippen LogP contribution in [0.5, 0.6) is 0 Å². The number of para-hydroxylation sites is 1. The third kappa shape index (κ3) is 3.73. The Morgan fingerprint density at radius 3 is 2.70 bits per heavy atom. The Kier molecular flexibility index (Phi) is 4.63. The number of carbonyl (C=O) groups is 1. The summed E-state index contributed by atoms with van der Waals surface area (Å²) in [5, 5.41) is 14.3. The monoisotopic (exact) mass is 309 g/mol. The van der Waals surface area contributed by atoms with E-state index in [1.807, 2.05) is 61.5 Å². The number of amides is 1. The lowest BCUT2D eigenvalue weighted by Crippen LogP contribution is -2.42. The van der Waals surface area contributed by atoms with Gasteiger partial charge < -0.3 is 5.32 Å². The molecule has 6 nitrogen and oxygen atoms in total. The first-order chi connectivity index (χ1) is 11.2. The molecule has 1 heterocycles. The topological polar surface area (TPSA) is 71.8 Å². The summed E-state index contributed by atoms with van der Waals surface area (Å²) in [6, 6.07) is 17.3. The highest BCUT2D eigenvalue weighted by Gasteiger charge is 2.12. The van der Waals surface area contributed by atoms with Crippen LogP contribution in [0, 0.1) is 0 Å². The van der Waals surface area contributed by atoms with Gasteiger partial charge >= 0.3 is 0 Å². The minimum Gasteiger partial charge on any atom is -0.351 e. The molecule has 0 saturated heterocycles. The van der Waals surface area contributed by atoms with Crippen LogP contribution in [0.25, 0.3) is 11.0 Å². The van der Waals surface area contributed by atoms with Crippen LogP contribution in [-0.2, 0) is 18.0 Å². The smallest absolute Gasteiger partial charge is 0.237 e. The van der Waals surface area contributed by atoms with Crippen molar-refractivity contribution in [2.75, 3.05) is 0 Å². The number of carbonyl (C=O) groups excluding carboxylic acids is 1. The molecule has 0 spiro atoms. The predicted octanol–water partition coefficient (Wildman–Crippen LogP) is 1.68. The first-order valence-corrected chi connectivity index (χ1v) is 7.57. The Morgan fingerprint density at radius 2 is 1.87 bits per heavy atom. The maximum absolute atomic E-state index is 12.1. The van der Waals surface area contributed by atoms with Crippen molar-refractivity contribution in [3.8, 4) is 0 Å². The summed E-state index contributed by atoms with van der Waals surface area (Å²) in [5.41, 5.74) is 2.86. The summed E-state index contributed by atoms with van der Waals surface area (Å²) in [4.78, 5) is 12.1. The van der Waals surface area contributed by atoms with Crippen molar-refractivity contribution in [1.82, 2.24) is 25.6 Å². The van der Waals surface area contributed by atoms with E-state index in [0.29, 0.717) is 13.2 Å². The van der Waals surface area contributed by atoms with Crippen LogP contribution in [0.4, 0.5) is 0 Å². The van der Waals surface area contributed by atoms with E-state index in [2.05, 4.69) is 20.9 Å². The Morgan fingerprint density at radius 1 is 1.13 bits per heavy atom. The molecule has 0 bridgehead atoms. The van der Waals surface area contributed by atoms with Crippen molar-refractivity contribution in [2.45, 2.75) is 26.2 Å². The van der Waals surface area contributed by atoms with E-state index in [0.717, 1.165) is 16.6 Å². The second-order valence-electron chi connectivity index (χ2n) is 5.37. The maximum atomic E-state index is 12.1. The number of nitrogens with zero attached hydrogens (tertiary/aromatic N) is 3. The largest absolute Gasteiger partial charge is 0.351 e. The molecule has 0 aliphatic carbocycles. The molecule has 0 aliphatic heterocycles. The van der Waals surface area contributed by atoms with Gasteiger partial charge in [-0.1, -0.05) is 47.7 Å². The zero-order valence-electron chi connectivity index (χ0n) is 12.9. The molecule has 0 radical (unpaired) electrons. The summed E-state index contributed by atoms with van der Waals surface area (Å²) in [5.74, 6) is -0.0433. The van der Waals surface area contributed by atoms with Gasteiger partial charge in [-0.05, 0) is 24.6 Å². The lowest BCUT2D eigenvalue weighted by molar-refractivity contribution is -0.123. The molecule has 3 rings (SSSR count). The van der Waals surface area contributed by atoms with E-state index < -0.39 is 0 Å². The van der Waals surface area contributed by atoms with Crippen molar-refractivity contribution >= 4 is 16.9 Å². The molecule has 23 heavy (non-hydrogen) atoms. The standard InChI is InChI=1S/C17H19N5O/c1-13(17(23)18-11-14-7-3-2-4-8-14)19-12-22-16-10-6-5-9-15(16)20-21-22/h2-10,13,19H,11-12H2,1H3,(H,18,23). The van der Waals surface area contributed by atoms with E-state index >= 15 is 0 Å². The molecule has 1 amide bonds. The SMILES string of the molecule is CC(NCn1nnc2ccccc21)C(=O)NCc1ccccc1. The average molecular weight is 309 g/mol. The molecule has 3 aromatic rings. The van der Waals surface area contributed by atoms with Crippen LogP contribution in [0.15, 0.2) is 54.6 Å². The second kappa shape index (κ2) is 7.02. The Balaban J connectivity index is 1.52. The van der Waals surface area contributed by atoms with E-state index in [1.165, 1.54) is 0 Å². The van der Waals surface area contributed by atoms with Gasteiger partial charge in [0.1, 0.15) is 5.52 Å². The maximum Gasteiger partial charge on any atom is 0.237 e. The van der Waals surface area contributed by atoms with E-state index in [4.69, 9.17) is 0 Å². The fraction of sp³-hybridized carbons (Fsp3) is 0.235. The summed E-state index contributed by atoms with van der Waals surface area (Å²) < 4.78 is 1.75. The number of fused-ring (bicyclic) bond motifs is 1. The van der Waals surface area contributed by atoms with Crippen LogP contribution in [0.1, 0.15) is 12.5 Å². The lowest BCUT2D eigenvalue weighted by Gasteiger charge is -2.14. The Hall–Kier alpha value is -2.73. The molecule has 6 heteroatoms. The van der Waals surface area contributed by atoms with Gasteiger partial charge in [-0.2, -0.15) is 0 Å². The zero-order valence-corrected chi connectivity index (χ0v) is 12.9. The third-order valence-corrected chi connectivity index (χ3v) is 3.67. The van der Waals surface area contributed by atoms with Crippen molar-refractivity contribution in [3.63, 3.8) is 0 Å². The van der Waals surface area contributed by atoms with Gasteiger partial charge in [-0.25, -0.2) is 4.68 Å². The normalized spacial score (nSPS) is 12.2. The van der Waals surface area contributed by atoms with E-state index in [9.17, 15) is 4.79 Å². The Labute approximate surface area is 134 Å². The molecule has 0 fully saturated rings. The highest BCUT2D eigenvalue weighted by molar-refractivity contribution is 5.81. The minimum atomic E-state index is -0.318. The van der Waals surface area contributed by atoms with Crippen molar-refractivity contribution in [2.24, 2.45) is 0 Å². The molecule has 1 unspecified atom stereocenters. The lowest BCUT2D eigenvalue weighted by atomic mass is 10.2. The Bertz CT molecular complexity index is 784. The van der Waals surface area contributed by atoms with Gasteiger partial charge in [0.15, 0.2) is 0 Å². The van der Waals surface area contributed by atoms with Crippen LogP contribution in [0.2, 0.25) is 0 Å². The highest BCUT2D eigenvalue weighted by Crippen LogP contribution is 2.08. The number of hydrogen-bond acceptors (Lipinski definition) is 4. The van der Waals surface area contributed by atoms with Gasteiger partial charge in [-0.3, -0.25) is 10.1 Å². The molecule has 1 atom stereocenters. The van der Waals surface area contributed by atoms with Gasteiger partial charge in [0.05, 0.1) is 18.2 Å². The molecule has 0 aliphatic rings. The van der Waals surface area contributed by atoms with Crippen molar-refractivity contribution in [1.29, 1.82) is 0 Å². The molecule has 2 aromatic carbocycles. The number of hydrogen-bond donors (Lipinski definition) is 2. The minimum absolute atomic E-state index is 0.0433. The molecule has 1 aromatic heterocycles. The van der Waals surface area contributed by atoms with Gasteiger partial charge in [0, 0.05) is 6.54 Å². The zero-order chi connectivity index (χ0) is 16.1. The van der Waals surface area contributed by atoms with Crippen LogP contribution < -0.4 is 10.6 Å². The number of nitrogens with one attached hydrogen (secondary N) is 2. The molecular weight excluding hydrogens is 290 g/mol. The summed E-state index contributed by atoms with van der Waals surface area (Å²) >= 11 is 0. The quantitative estimate of drug-likeness (QED) is 0.727. The molecule has 0 saturated carbocycles. The fourth-order valence-electron chi connectivity index (χ4n) is 2.29. The fourth-order valence-corrected chi connectivity index (χ4v) is 2.29. The number of benzene rings is 2. The van der Waals surface area contributed by atoms with Crippen LogP contribution in [-0.4, -0.2) is 26.9 Å². The molecule has 118 valence electrons. The number of aromatic nitrogens is 3. The van der Waals surface area contributed by atoms with E-state index in [-0.39, 0.29) is 11.9 Å². The predicted molar refractivity (Wildman–Crippen MR) is 88.4 cm³/mol. The summed E-state index contributed by atoms with van der Waals surface area (Å²) in [6.07, 6.45) is 0. The van der Waals surface area contributed by atoms with Crippen LogP contribution >= 0.6 is 0 Å². The summed E-state index contributed by atoms with van der Waals surface area (Å²) in [6.45, 7) is 2.79. The van der Waals surface area contributed by atoms with Gasteiger partial charge in [0.2, 0.25) is 5.91 Å². The third-order valence-electron chi connectivity index (χ3n) is 3.67. The van der Waals surface area contributed by atoms with Crippen molar-refractivity contribution < 1.29 is 4.79 Å². The first kappa shape index (κ1) is 15.2.